The standard InChI is InChI=1S/C12H18N2O/c1-9(13)4-6-14-11-2-3-12-10(8-11)5-7-15-12/h2-3,8-9,14H,4-7,13H2,1H3. The molecule has 0 radical (unpaired) electrons. The van der Waals surface area contributed by atoms with Crippen LogP contribution in [0, 0.1) is 0 Å². The number of hydrogen-bond donors (Lipinski definition) is 2. The lowest BCUT2D eigenvalue weighted by Gasteiger charge is -2.09. The molecule has 0 saturated heterocycles. The molecule has 0 bridgehead atoms. The third-order valence-electron chi connectivity index (χ3n) is 2.62. The Morgan fingerprint density at radius 2 is 2.40 bits per heavy atom. The largest absolute Gasteiger partial charge is 0.493 e. The first kappa shape index (κ1) is 10.3. The van der Waals surface area contributed by atoms with Crippen LogP contribution in [0.5, 0.6) is 5.75 Å². The molecule has 0 fully saturated rings. The van der Waals surface area contributed by atoms with Crippen molar-refractivity contribution >= 4 is 5.69 Å². The zero-order chi connectivity index (χ0) is 10.7. The van der Waals surface area contributed by atoms with Crippen molar-refractivity contribution in [2.45, 2.75) is 25.8 Å². The summed E-state index contributed by atoms with van der Waals surface area (Å²) in [5, 5.41) is 3.37. The van der Waals surface area contributed by atoms with Crippen LogP contribution < -0.4 is 15.8 Å². The van der Waals surface area contributed by atoms with Crippen molar-refractivity contribution in [3.63, 3.8) is 0 Å². The molecule has 1 heterocycles. The van der Waals surface area contributed by atoms with Gasteiger partial charge in [0.25, 0.3) is 0 Å². The summed E-state index contributed by atoms with van der Waals surface area (Å²) in [6.07, 6.45) is 2.02. The van der Waals surface area contributed by atoms with Gasteiger partial charge in [-0.05, 0) is 37.1 Å². The van der Waals surface area contributed by atoms with Crippen molar-refractivity contribution in [3.05, 3.63) is 23.8 Å². The van der Waals surface area contributed by atoms with E-state index in [2.05, 4.69) is 17.4 Å². The molecule has 3 N–H and O–H groups in total. The Labute approximate surface area is 90.6 Å². The fourth-order valence-corrected chi connectivity index (χ4v) is 1.74. The number of fused-ring (bicyclic) bond motifs is 1. The summed E-state index contributed by atoms with van der Waals surface area (Å²) in [6.45, 7) is 3.77. The Bertz CT molecular complexity index is 336. The van der Waals surface area contributed by atoms with Crippen molar-refractivity contribution in [1.29, 1.82) is 0 Å². The van der Waals surface area contributed by atoms with E-state index < -0.39 is 0 Å². The highest BCUT2D eigenvalue weighted by Crippen LogP contribution is 2.27. The van der Waals surface area contributed by atoms with Gasteiger partial charge in [0.2, 0.25) is 0 Å². The van der Waals surface area contributed by atoms with Crippen LogP contribution in [0.4, 0.5) is 5.69 Å². The molecule has 82 valence electrons. The highest BCUT2D eigenvalue weighted by atomic mass is 16.5. The number of anilines is 1. The number of nitrogens with one attached hydrogen (secondary N) is 1. The second-order valence-electron chi connectivity index (χ2n) is 4.11. The quantitative estimate of drug-likeness (QED) is 0.789. The Morgan fingerprint density at radius 3 is 3.20 bits per heavy atom. The molecule has 0 aromatic heterocycles. The van der Waals surface area contributed by atoms with Gasteiger partial charge in [-0.15, -0.1) is 0 Å². The van der Waals surface area contributed by atoms with Gasteiger partial charge in [0, 0.05) is 24.7 Å². The minimum absolute atomic E-state index is 0.260. The maximum atomic E-state index is 5.69. The van der Waals surface area contributed by atoms with Crippen LogP contribution in [-0.4, -0.2) is 19.2 Å². The van der Waals surface area contributed by atoms with Crippen molar-refractivity contribution in [2.75, 3.05) is 18.5 Å². The van der Waals surface area contributed by atoms with Crippen molar-refractivity contribution in [3.8, 4) is 5.75 Å². The summed E-state index contributed by atoms with van der Waals surface area (Å²) < 4.78 is 5.45. The Kier molecular flexibility index (Phi) is 3.11. The lowest BCUT2D eigenvalue weighted by atomic mass is 10.1. The topological polar surface area (TPSA) is 47.3 Å². The van der Waals surface area contributed by atoms with E-state index in [9.17, 15) is 0 Å². The minimum atomic E-state index is 0.260. The summed E-state index contributed by atoms with van der Waals surface area (Å²) in [5.41, 5.74) is 8.16. The Balaban J connectivity index is 1.92. The zero-order valence-electron chi connectivity index (χ0n) is 9.12. The average Bonchev–Trinajstić information content (AvgIpc) is 2.64. The van der Waals surface area contributed by atoms with Gasteiger partial charge in [-0.1, -0.05) is 0 Å². The maximum Gasteiger partial charge on any atom is 0.122 e. The van der Waals surface area contributed by atoms with Gasteiger partial charge in [-0.25, -0.2) is 0 Å². The number of nitrogens with two attached hydrogens (primary N) is 1. The van der Waals surface area contributed by atoms with Crippen LogP contribution in [-0.2, 0) is 6.42 Å². The predicted molar refractivity (Wildman–Crippen MR) is 62.4 cm³/mol. The molecule has 1 atom stereocenters. The van der Waals surface area contributed by atoms with E-state index >= 15 is 0 Å². The lowest BCUT2D eigenvalue weighted by molar-refractivity contribution is 0.357. The molecule has 1 aliphatic heterocycles. The Hall–Kier alpha value is -1.22. The molecule has 2 rings (SSSR count). The van der Waals surface area contributed by atoms with Crippen LogP contribution in [0.2, 0.25) is 0 Å². The van der Waals surface area contributed by atoms with E-state index in [-0.39, 0.29) is 6.04 Å². The number of rotatable bonds is 4. The fourth-order valence-electron chi connectivity index (χ4n) is 1.74. The lowest BCUT2D eigenvalue weighted by Crippen LogP contribution is -2.19. The molecular formula is C12H18N2O. The van der Waals surface area contributed by atoms with Crippen LogP contribution in [0.15, 0.2) is 18.2 Å². The second-order valence-corrected chi connectivity index (χ2v) is 4.11. The molecule has 1 aromatic carbocycles. The molecule has 0 saturated carbocycles. The monoisotopic (exact) mass is 206 g/mol. The molecule has 1 aliphatic rings. The molecular weight excluding hydrogens is 188 g/mol. The van der Waals surface area contributed by atoms with Crippen LogP contribution >= 0.6 is 0 Å². The highest BCUT2D eigenvalue weighted by Gasteiger charge is 2.11. The molecule has 0 amide bonds. The normalized spacial score (nSPS) is 15.6. The molecule has 1 unspecified atom stereocenters. The second kappa shape index (κ2) is 4.53. The number of benzene rings is 1. The molecule has 1 aromatic rings. The third-order valence-corrected chi connectivity index (χ3v) is 2.62. The van der Waals surface area contributed by atoms with Gasteiger partial charge >= 0.3 is 0 Å². The fraction of sp³-hybridized carbons (Fsp3) is 0.500. The van der Waals surface area contributed by atoms with E-state index in [1.807, 2.05) is 13.0 Å². The van der Waals surface area contributed by atoms with Crippen LogP contribution in [0.25, 0.3) is 0 Å². The smallest absolute Gasteiger partial charge is 0.122 e. The summed E-state index contributed by atoms with van der Waals surface area (Å²) in [4.78, 5) is 0. The van der Waals surface area contributed by atoms with E-state index in [1.54, 1.807) is 0 Å². The molecule has 15 heavy (non-hydrogen) atoms. The molecule has 3 nitrogen and oxygen atoms in total. The van der Waals surface area contributed by atoms with Gasteiger partial charge in [0.05, 0.1) is 6.61 Å². The molecule has 0 aliphatic carbocycles. The van der Waals surface area contributed by atoms with Crippen LogP contribution in [0.3, 0.4) is 0 Å². The summed E-state index contributed by atoms with van der Waals surface area (Å²) in [7, 11) is 0. The first-order valence-corrected chi connectivity index (χ1v) is 5.51. The third kappa shape index (κ3) is 2.63. The minimum Gasteiger partial charge on any atom is -0.493 e. The van der Waals surface area contributed by atoms with E-state index in [0.29, 0.717) is 0 Å². The van der Waals surface area contributed by atoms with Crippen molar-refractivity contribution in [2.24, 2.45) is 5.73 Å². The van der Waals surface area contributed by atoms with Crippen molar-refractivity contribution in [1.82, 2.24) is 0 Å². The van der Waals surface area contributed by atoms with Crippen molar-refractivity contribution < 1.29 is 4.74 Å². The first-order chi connectivity index (χ1) is 7.25. The summed E-state index contributed by atoms with van der Waals surface area (Å²) >= 11 is 0. The first-order valence-electron chi connectivity index (χ1n) is 5.51. The van der Waals surface area contributed by atoms with Gasteiger partial charge in [0.1, 0.15) is 5.75 Å². The molecule has 0 spiro atoms. The highest BCUT2D eigenvalue weighted by molar-refractivity contribution is 5.52. The average molecular weight is 206 g/mol. The Morgan fingerprint density at radius 1 is 1.53 bits per heavy atom. The van der Waals surface area contributed by atoms with E-state index in [0.717, 1.165) is 31.7 Å². The number of hydrogen-bond acceptors (Lipinski definition) is 3. The van der Waals surface area contributed by atoms with Gasteiger partial charge in [0.15, 0.2) is 0 Å². The summed E-state index contributed by atoms with van der Waals surface area (Å²) in [5.74, 6) is 1.03. The van der Waals surface area contributed by atoms with E-state index in [4.69, 9.17) is 10.5 Å². The maximum absolute atomic E-state index is 5.69. The summed E-state index contributed by atoms with van der Waals surface area (Å²) in [6, 6.07) is 6.53. The predicted octanol–water partition coefficient (Wildman–Crippen LogP) is 1.77. The number of ether oxygens (including phenoxy) is 1. The SMILES string of the molecule is CC(N)CCNc1ccc2c(c1)CCO2. The van der Waals surface area contributed by atoms with Gasteiger partial charge in [-0.3, -0.25) is 0 Å². The molecule has 3 heteroatoms. The zero-order valence-corrected chi connectivity index (χ0v) is 9.12. The van der Waals surface area contributed by atoms with Gasteiger partial charge in [-0.2, -0.15) is 0 Å². The van der Waals surface area contributed by atoms with Gasteiger partial charge < -0.3 is 15.8 Å². The van der Waals surface area contributed by atoms with E-state index in [1.165, 1.54) is 11.3 Å². The van der Waals surface area contributed by atoms with Crippen LogP contribution in [0.1, 0.15) is 18.9 Å².